The second kappa shape index (κ2) is 9.70. The summed E-state index contributed by atoms with van der Waals surface area (Å²) in [5.74, 6) is -1.06. The number of alkyl halides is 1. The van der Waals surface area contributed by atoms with Gasteiger partial charge in [-0.2, -0.15) is 4.39 Å². The molecule has 3 atom stereocenters. The number of hydrogen-bond acceptors (Lipinski definition) is 5. The summed E-state index contributed by atoms with van der Waals surface area (Å²) in [5.41, 5.74) is 2.08. The largest absolute Gasteiger partial charge is 0.356 e. The third-order valence-electron chi connectivity index (χ3n) is 6.00. The molecule has 2 aromatic heterocycles. The van der Waals surface area contributed by atoms with Crippen LogP contribution in [-0.4, -0.2) is 45.6 Å². The fourth-order valence-electron chi connectivity index (χ4n) is 4.23. The molecule has 0 bridgehead atoms. The number of likely N-dealkylation sites (tertiary alicyclic amines) is 1. The Morgan fingerprint density at radius 3 is 2.65 bits per heavy atom. The van der Waals surface area contributed by atoms with Gasteiger partial charge in [-0.25, -0.2) is 9.37 Å². The minimum Gasteiger partial charge on any atom is -0.356 e. The first-order valence-electron chi connectivity index (χ1n) is 11.1. The smallest absolute Gasteiger partial charge is 0.243 e. The topological polar surface area (TPSA) is 88.3 Å². The van der Waals surface area contributed by atoms with Crippen LogP contribution in [0.5, 0.6) is 0 Å². The lowest BCUT2D eigenvalue weighted by atomic mass is 9.97. The van der Waals surface area contributed by atoms with E-state index < -0.39 is 30.1 Å². The van der Waals surface area contributed by atoms with E-state index in [1.807, 2.05) is 19.9 Å². The van der Waals surface area contributed by atoms with E-state index in [2.05, 4.69) is 15.5 Å². The number of nitrogens with one attached hydrogen (secondary N) is 1. The van der Waals surface area contributed by atoms with Crippen molar-refractivity contribution >= 4 is 11.8 Å². The molecule has 0 spiro atoms. The molecular weight excluding hydrogens is 442 g/mol. The number of hydrogen-bond donors (Lipinski definition) is 1. The first-order valence-corrected chi connectivity index (χ1v) is 11.1. The molecule has 3 aromatic rings. The van der Waals surface area contributed by atoms with Gasteiger partial charge in [-0.05, 0) is 23.6 Å². The number of benzene rings is 1. The lowest BCUT2D eigenvalue weighted by molar-refractivity contribution is -0.137. The molecule has 0 aliphatic carbocycles. The van der Waals surface area contributed by atoms with Gasteiger partial charge in [-0.3, -0.25) is 9.59 Å². The quantitative estimate of drug-likeness (QED) is 0.549. The molecule has 4 rings (SSSR count). The van der Waals surface area contributed by atoms with E-state index in [1.54, 1.807) is 36.4 Å². The van der Waals surface area contributed by atoms with E-state index in [9.17, 15) is 18.4 Å². The molecule has 1 aliphatic rings. The maximum absolute atomic E-state index is 14.8. The van der Waals surface area contributed by atoms with Crippen LogP contribution in [0.25, 0.3) is 11.3 Å². The van der Waals surface area contributed by atoms with Crippen molar-refractivity contribution in [3.05, 3.63) is 71.4 Å². The molecule has 3 heterocycles. The standard InChI is InChI=1S/C25H26F2N4O3/c1-14(2)19-7-8-20(29-24(19)27)23(17-6-4-5-16(11-17)22-9-10-28-34-22)30-25(33)21-12-18(26)13-31(21)15(3)32/h4-11,14,18,21,23H,12-13H2,1-3H3,(H,30,33). The van der Waals surface area contributed by atoms with Gasteiger partial charge >= 0.3 is 0 Å². The van der Waals surface area contributed by atoms with E-state index >= 15 is 0 Å². The van der Waals surface area contributed by atoms with Crippen molar-refractivity contribution in [3.63, 3.8) is 0 Å². The van der Waals surface area contributed by atoms with Crippen molar-refractivity contribution in [2.24, 2.45) is 0 Å². The highest BCUT2D eigenvalue weighted by Crippen LogP contribution is 2.29. The minimum atomic E-state index is -1.28. The molecule has 34 heavy (non-hydrogen) atoms. The van der Waals surface area contributed by atoms with E-state index in [1.165, 1.54) is 18.0 Å². The second-order valence-electron chi connectivity index (χ2n) is 8.73. The number of carbonyl (C=O) groups is 2. The summed E-state index contributed by atoms with van der Waals surface area (Å²) < 4.78 is 34.1. The molecule has 0 radical (unpaired) electrons. The van der Waals surface area contributed by atoms with Gasteiger partial charge < -0.3 is 14.7 Å². The number of pyridine rings is 1. The van der Waals surface area contributed by atoms with Crippen molar-refractivity contribution in [3.8, 4) is 11.3 Å². The predicted octanol–water partition coefficient (Wildman–Crippen LogP) is 4.16. The summed E-state index contributed by atoms with van der Waals surface area (Å²) in [6.07, 6.45) is 0.144. The highest BCUT2D eigenvalue weighted by molar-refractivity contribution is 5.88. The SMILES string of the molecule is CC(=O)N1CC(F)CC1C(=O)NC(c1cccc(-c2ccno2)c1)c1ccc(C(C)C)c(F)n1. The van der Waals surface area contributed by atoms with Crippen LogP contribution in [0.3, 0.4) is 0 Å². The summed E-state index contributed by atoms with van der Waals surface area (Å²) in [4.78, 5) is 30.5. The maximum atomic E-state index is 14.8. The molecule has 1 fully saturated rings. The summed E-state index contributed by atoms with van der Waals surface area (Å²) >= 11 is 0. The Morgan fingerprint density at radius 1 is 1.21 bits per heavy atom. The third-order valence-corrected chi connectivity index (χ3v) is 6.00. The Kier molecular flexibility index (Phi) is 6.72. The second-order valence-corrected chi connectivity index (χ2v) is 8.73. The highest BCUT2D eigenvalue weighted by Gasteiger charge is 2.39. The molecule has 9 heteroatoms. The van der Waals surface area contributed by atoms with Gasteiger partial charge in [-0.15, -0.1) is 0 Å². The summed E-state index contributed by atoms with van der Waals surface area (Å²) in [6.45, 7) is 4.90. The number of carbonyl (C=O) groups excluding carboxylic acids is 2. The van der Waals surface area contributed by atoms with Crippen LogP contribution in [0.1, 0.15) is 56.0 Å². The zero-order chi connectivity index (χ0) is 24.4. The molecular formula is C25H26F2N4O3. The van der Waals surface area contributed by atoms with Crippen molar-refractivity contribution in [2.45, 2.75) is 51.4 Å². The number of amides is 2. The predicted molar refractivity (Wildman–Crippen MR) is 121 cm³/mol. The van der Waals surface area contributed by atoms with Crippen LogP contribution < -0.4 is 5.32 Å². The van der Waals surface area contributed by atoms with Gasteiger partial charge in [0.15, 0.2) is 5.76 Å². The zero-order valence-electron chi connectivity index (χ0n) is 19.2. The third kappa shape index (κ3) is 4.83. The van der Waals surface area contributed by atoms with Crippen LogP contribution in [0.2, 0.25) is 0 Å². The van der Waals surface area contributed by atoms with Gasteiger partial charge in [0.25, 0.3) is 0 Å². The molecule has 178 valence electrons. The normalized spacial score (nSPS) is 18.8. The molecule has 1 saturated heterocycles. The van der Waals surface area contributed by atoms with Crippen molar-refractivity contribution in [1.82, 2.24) is 20.4 Å². The van der Waals surface area contributed by atoms with Crippen LogP contribution in [-0.2, 0) is 9.59 Å². The monoisotopic (exact) mass is 468 g/mol. The van der Waals surface area contributed by atoms with Crippen molar-refractivity contribution in [2.75, 3.05) is 6.54 Å². The number of rotatable bonds is 6. The first-order chi connectivity index (χ1) is 16.2. The van der Waals surface area contributed by atoms with Gasteiger partial charge in [0.1, 0.15) is 12.2 Å². The minimum absolute atomic E-state index is 0.0616. The Morgan fingerprint density at radius 2 is 2.00 bits per heavy atom. The average molecular weight is 469 g/mol. The first kappa shape index (κ1) is 23.5. The van der Waals surface area contributed by atoms with E-state index in [0.717, 1.165) is 0 Å². The van der Waals surface area contributed by atoms with Gasteiger partial charge in [0.05, 0.1) is 24.5 Å². The van der Waals surface area contributed by atoms with Gasteiger partial charge in [0.2, 0.25) is 17.8 Å². The lowest BCUT2D eigenvalue weighted by Crippen LogP contribution is -2.46. The fourth-order valence-corrected chi connectivity index (χ4v) is 4.23. The molecule has 2 amide bonds. The molecule has 0 saturated carbocycles. The zero-order valence-corrected chi connectivity index (χ0v) is 19.2. The number of aromatic nitrogens is 2. The summed E-state index contributed by atoms with van der Waals surface area (Å²) in [7, 11) is 0. The average Bonchev–Trinajstić information content (AvgIpc) is 3.47. The van der Waals surface area contributed by atoms with Gasteiger partial charge in [0, 0.05) is 30.5 Å². The van der Waals surface area contributed by atoms with Crippen molar-refractivity contribution < 1.29 is 22.9 Å². The summed E-state index contributed by atoms with van der Waals surface area (Å²) in [5, 5.41) is 6.59. The Balaban J connectivity index is 1.72. The molecule has 7 nitrogen and oxygen atoms in total. The Hall–Kier alpha value is -3.62. The highest BCUT2D eigenvalue weighted by atomic mass is 19.1. The van der Waals surface area contributed by atoms with E-state index in [4.69, 9.17) is 4.52 Å². The van der Waals surface area contributed by atoms with Gasteiger partial charge in [-0.1, -0.05) is 43.3 Å². The van der Waals surface area contributed by atoms with Crippen molar-refractivity contribution in [1.29, 1.82) is 0 Å². The van der Waals surface area contributed by atoms with E-state index in [-0.39, 0.29) is 30.5 Å². The van der Waals surface area contributed by atoms with Crippen LogP contribution in [0.4, 0.5) is 8.78 Å². The van der Waals surface area contributed by atoms with Crippen LogP contribution in [0, 0.1) is 5.95 Å². The molecule has 1 N–H and O–H groups in total. The summed E-state index contributed by atoms with van der Waals surface area (Å²) in [6, 6.07) is 10.4. The Labute approximate surface area is 196 Å². The number of halogens is 2. The molecule has 1 aromatic carbocycles. The fraction of sp³-hybridized carbons (Fsp3) is 0.360. The van der Waals surface area contributed by atoms with Crippen LogP contribution in [0.15, 0.2) is 53.2 Å². The maximum Gasteiger partial charge on any atom is 0.243 e. The molecule has 3 unspecified atom stereocenters. The molecule has 1 aliphatic heterocycles. The number of nitrogens with zero attached hydrogens (tertiary/aromatic N) is 3. The Bertz CT molecular complexity index is 1180. The lowest BCUT2D eigenvalue weighted by Gasteiger charge is -2.26. The van der Waals surface area contributed by atoms with Crippen LogP contribution >= 0.6 is 0 Å². The van der Waals surface area contributed by atoms with E-state index in [0.29, 0.717) is 22.5 Å².